The van der Waals surface area contributed by atoms with Crippen LogP contribution in [0.2, 0.25) is 5.02 Å². The van der Waals surface area contributed by atoms with Crippen LogP contribution in [-0.4, -0.2) is 19.5 Å². The van der Waals surface area contributed by atoms with Crippen molar-refractivity contribution in [2.24, 2.45) is 10.8 Å². The summed E-state index contributed by atoms with van der Waals surface area (Å²) in [5, 5.41) is 0.679. The van der Waals surface area contributed by atoms with Crippen LogP contribution in [0.4, 0.5) is 0 Å². The Morgan fingerprint density at radius 1 is 1.50 bits per heavy atom. The van der Waals surface area contributed by atoms with Gasteiger partial charge in [0, 0.05) is 12.1 Å². The fraction of sp³-hybridized carbons (Fsp3) is 0.222. The van der Waals surface area contributed by atoms with Crippen molar-refractivity contribution < 1.29 is 4.74 Å². The van der Waals surface area contributed by atoms with Crippen LogP contribution in [0.25, 0.3) is 0 Å². The second kappa shape index (κ2) is 5.47. The largest absolute Gasteiger partial charge is 0.486 e. The van der Waals surface area contributed by atoms with Crippen molar-refractivity contribution in [3.05, 3.63) is 29.3 Å². The monoisotopic (exact) mass is 213 g/mol. The molecular formula is C9H12ClN3O. The molecule has 0 aliphatic rings. The maximum Gasteiger partial charge on any atom is 0.149 e. The molecule has 3 N–H and O–H groups in total. The van der Waals surface area contributed by atoms with Crippen molar-refractivity contribution in [3.8, 4) is 5.75 Å². The Kier molecular flexibility index (Phi) is 4.22. The van der Waals surface area contributed by atoms with Gasteiger partial charge in [-0.2, -0.15) is 0 Å². The Balaban J connectivity index is 2.49. The Morgan fingerprint density at radius 3 is 2.64 bits per heavy atom. The van der Waals surface area contributed by atoms with E-state index in [9.17, 15) is 0 Å². The van der Waals surface area contributed by atoms with E-state index in [1.807, 2.05) is 0 Å². The minimum Gasteiger partial charge on any atom is -0.486 e. The van der Waals surface area contributed by atoms with Crippen LogP contribution < -0.4 is 16.0 Å². The molecule has 14 heavy (non-hydrogen) atoms. The van der Waals surface area contributed by atoms with Gasteiger partial charge in [-0.25, -0.2) is 5.84 Å². The number of nitrogens with one attached hydrogen (secondary N) is 1. The van der Waals surface area contributed by atoms with E-state index in [-0.39, 0.29) is 0 Å². The van der Waals surface area contributed by atoms with Gasteiger partial charge in [0.25, 0.3) is 0 Å². The first-order valence-corrected chi connectivity index (χ1v) is 4.44. The van der Waals surface area contributed by atoms with Gasteiger partial charge in [-0.15, -0.1) is 0 Å². The maximum absolute atomic E-state index is 5.72. The minimum atomic E-state index is 0.314. The van der Waals surface area contributed by atoms with E-state index in [2.05, 4.69) is 10.4 Å². The lowest BCUT2D eigenvalue weighted by atomic mass is 10.3. The summed E-state index contributed by atoms with van der Waals surface area (Å²) in [6, 6.07) is 7.09. The van der Waals surface area contributed by atoms with Gasteiger partial charge in [-0.1, -0.05) is 11.6 Å². The molecule has 0 saturated carbocycles. The van der Waals surface area contributed by atoms with Crippen molar-refractivity contribution in [2.75, 3.05) is 13.7 Å². The van der Waals surface area contributed by atoms with Gasteiger partial charge < -0.3 is 10.2 Å². The molecule has 1 rings (SSSR count). The highest BCUT2D eigenvalue weighted by Crippen LogP contribution is 2.15. The molecule has 0 bridgehead atoms. The second-order valence-corrected chi connectivity index (χ2v) is 2.99. The molecule has 76 valence electrons. The number of benzene rings is 1. The topological polar surface area (TPSA) is 59.6 Å². The third kappa shape index (κ3) is 3.24. The van der Waals surface area contributed by atoms with Gasteiger partial charge in [0.2, 0.25) is 0 Å². The summed E-state index contributed by atoms with van der Waals surface area (Å²) in [5.74, 6) is 6.50. The average molecular weight is 214 g/mol. The van der Waals surface area contributed by atoms with E-state index in [0.717, 1.165) is 5.75 Å². The first-order chi connectivity index (χ1) is 6.76. The summed E-state index contributed by atoms with van der Waals surface area (Å²) in [6.45, 7) is 0.314. The third-order valence-corrected chi connectivity index (χ3v) is 1.88. The molecule has 0 aliphatic heterocycles. The third-order valence-electron chi connectivity index (χ3n) is 1.63. The number of amidine groups is 1. The van der Waals surface area contributed by atoms with Crippen LogP contribution in [0.15, 0.2) is 29.3 Å². The molecule has 4 nitrogen and oxygen atoms in total. The Morgan fingerprint density at radius 2 is 2.14 bits per heavy atom. The molecule has 0 aliphatic carbocycles. The number of halogens is 1. The minimum absolute atomic E-state index is 0.314. The number of nitrogens with zero attached hydrogens (tertiary/aromatic N) is 1. The molecule has 1 aromatic rings. The van der Waals surface area contributed by atoms with Gasteiger partial charge in [0.15, 0.2) is 0 Å². The molecule has 0 unspecified atom stereocenters. The van der Waals surface area contributed by atoms with Crippen LogP contribution in [0.5, 0.6) is 5.75 Å². The number of aliphatic imine (C=N–C) groups is 1. The maximum atomic E-state index is 5.72. The Bertz CT molecular complexity index is 310. The highest BCUT2D eigenvalue weighted by molar-refractivity contribution is 6.30. The smallest absolute Gasteiger partial charge is 0.149 e. The molecule has 0 radical (unpaired) electrons. The first-order valence-electron chi connectivity index (χ1n) is 4.07. The fourth-order valence-electron chi connectivity index (χ4n) is 0.853. The predicted molar refractivity (Wildman–Crippen MR) is 57.6 cm³/mol. The predicted octanol–water partition coefficient (Wildman–Crippen LogP) is 1.21. The van der Waals surface area contributed by atoms with E-state index >= 15 is 0 Å². The number of hydrazine groups is 1. The molecule has 1 aromatic carbocycles. The second-order valence-electron chi connectivity index (χ2n) is 2.56. The van der Waals surface area contributed by atoms with Gasteiger partial charge in [-0.3, -0.25) is 4.99 Å². The van der Waals surface area contributed by atoms with E-state index in [1.165, 1.54) is 0 Å². The van der Waals surface area contributed by atoms with Gasteiger partial charge in [0.1, 0.15) is 18.2 Å². The lowest BCUT2D eigenvalue weighted by Gasteiger charge is -2.07. The molecule has 0 amide bonds. The van der Waals surface area contributed by atoms with Crippen LogP contribution in [-0.2, 0) is 0 Å². The highest BCUT2D eigenvalue weighted by atomic mass is 35.5. The van der Waals surface area contributed by atoms with Crippen molar-refractivity contribution in [2.45, 2.75) is 0 Å². The normalized spacial score (nSPS) is 11.2. The highest BCUT2D eigenvalue weighted by Gasteiger charge is 1.97. The molecule has 0 aromatic heterocycles. The molecule has 0 atom stereocenters. The number of rotatable bonds is 3. The zero-order chi connectivity index (χ0) is 10.4. The SMILES string of the molecule is CN=C(COc1ccc(Cl)cc1)NN. The van der Waals surface area contributed by atoms with Crippen molar-refractivity contribution in [1.29, 1.82) is 0 Å². The molecule has 0 fully saturated rings. The number of ether oxygens (including phenoxy) is 1. The van der Waals surface area contributed by atoms with Crippen molar-refractivity contribution in [1.82, 2.24) is 5.43 Å². The summed E-state index contributed by atoms with van der Waals surface area (Å²) in [5.41, 5.74) is 2.43. The summed E-state index contributed by atoms with van der Waals surface area (Å²) >= 11 is 5.72. The fourth-order valence-corrected chi connectivity index (χ4v) is 0.979. The van der Waals surface area contributed by atoms with Crippen LogP contribution >= 0.6 is 11.6 Å². The average Bonchev–Trinajstić information content (AvgIpc) is 2.22. The van der Waals surface area contributed by atoms with E-state index in [0.29, 0.717) is 17.5 Å². The Labute approximate surface area is 87.7 Å². The standard InChI is InChI=1S/C9H12ClN3O/c1-12-9(13-11)6-14-8-4-2-7(10)3-5-8/h2-5H,6,11H2,1H3,(H,12,13). The molecule has 5 heteroatoms. The van der Waals surface area contributed by atoms with Crippen molar-refractivity contribution >= 4 is 17.4 Å². The van der Waals surface area contributed by atoms with E-state index in [4.69, 9.17) is 22.2 Å². The Hall–Kier alpha value is -1.26. The number of nitrogens with two attached hydrogens (primary N) is 1. The number of hydrogen-bond donors (Lipinski definition) is 2. The lowest BCUT2D eigenvalue weighted by molar-refractivity contribution is 0.372. The first kappa shape index (κ1) is 10.8. The van der Waals surface area contributed by atoms with Crippen LogP contribution in [0.1, 0.15) is 0 Å². The zero-order valence-corrected chi connectivity index (χ0v) is 8.58. The summed E-state index contributed by atoms with van der Waals surface area (Å²) in [7, 11) is 1.64. The van der Waals surface area contributed by atoms with E-state index in [1.54, 1.807) is 31.3 Å². The quantitative estimate of drug-likeness (QED) is 0.344. The van der Waals surface area contributed by atoms with Crippen molar-refractivity contribution in [3.63, 3.8) is 0 Å². The van der Waals surface area contributed by atoms with Gasteiger partial charge in [-0.05, 0) is 24.3 Å². The van der Waals surface area contributed by atoms with Gasteiger partial charge in [0.05, 0.1) is 0 Å². The summed E-state index contributed by atoms with van der Waals surface area (Å²) in [4.78, 5) is 3.87. The number of hydrogen-bond acceptors (Lipinski definition) is 3. The molecule has 0 heterocycles. The lowest BCUT2D eigenvalue weighted by Crippen LogP contribution is -2.34. The summed E-state index contributed by atoms with van der Waals surface area (Å²) < 4.78 is 5.37. The van der Waals surface area contributed by atoms with Crippen LogP contribution in [0, 0.1) is 0 Å². The molecule has 0 saturated heterocycles. The molecular weight excluding hydrogens is 202 g/mol. The zero-order valence-electron chi connectivity index (χ0n) is 7.83. The summed E-state index contributed by atoms with van der Waals surface area (Å²) in [6.07, 6.45) is 0. The van der Waals surface area contributed by atoms with Gasteiger partial charge >= 0.3 is 0 Å². The molecule has 0 spiro atoms. The van der Waals surface area contributed by atoms with Crippen LogP contribution in [0.3, 0.4) is 0 Å². The van der Waals surface area contributed by atoms with E-state index < -0.39 is 0 Å².